The molecule has 3 aromatic rings. The van der Waals surface area contributed by atoms with Gasteiger partial charge in [-0.2, -0.15) is 0 Å². The van der Waals surface area contributed by atoms with Crippen LogP contribution in [0.1, 0.15) is 10.5 Å². The van der Waals surface area contributed by atoms with Crippen molar-refractivity contribution in [2.45, 2.75) is 0 Å². The fourth-order valence-electron chi connectivity index (χ4n) is 2.36. The van der Waals surface area contributed by atoms with Gasteiger partial charge in [0.05, 0.1) is 19.1 Å². The van der Waals surface area contributed by atoms with Gasteiger partial charge in [-0.05, 0) is 24.3 Å². The Morgan fingerprint density at radius 1 is 1.08 bits per heavy atom. The number of nitrogens with zero attached hydrogens (tertiary/aromatic N) is 3. The predicted octanol–water partition coefficient (Wildman–Crippen LogP) is 3.02. The van der Waals surface area contributed by atoms with E-state index in [4.69, 9.17) is 4.74 Å². The second-order valence-electron chi connectivity index (χ2n) is 5.37. The number of carbonyl (C=O) groups is 1. The predicted molar refractivity (Wildman–Crippen MR) is 92.5 cm³/mol. The molecule has 0 spiro atoms. The number of carbonyl (C=O) groups excluding carboxylic acids is 1. The van der Waals surface area contributed by atoms with Gasteiger partial charge in [-0.3, -0.25) is 9.36 Å². The summed E-state index contributed by atoms with van der Waals surface area (Å²) in [7, 11) is 1.76. The lowest BCUT2D eigenvalue weighted by Gasteiger charge is -2.18. The van der Waals surface area contributed by atoms with Crippen LogP contribution >= 0.6 is 0 Å². The molecule has 5 heteroatoms. The molecule has 1 heterocycles. The first-order valence-electron chi connectivity index (χ1n) is 7.77. The van der Waals surface area contributed by atoms with Crippen LogP contribution in [0, 0.1) is 0 Å². The van der Waals surface area contributed by atoms with Crippen molar-refractivity contribution in [2.75, 3.05) is 20.2 Å². The monoisotopic (exact) mass is 321 g/mol. The molecular weight excluding hydrogens is 302 g/mol. The zero-order chi connectivity index (χ0) is 16.8. The molecule has 0 atom stereocenters. The number of likely N-dealkylation sites (N-methyl/N-ethyl adjacent to an activating group) is 1. The van der Waals surface area contributed by atoms with Crippen LogP contribution in [0.25, 0.3) is 5.69 Å². The lowest BCUT2D eigenvalue weighted by molar-refractivity contribution is 0.0766. The van der Waals surface area contributed by atoms with E-state index in [-0.39, 0.29) is 5.91 Å². The number of imidazole rings is 1. The van der Waals surface area contributed by atoms with Crippen molar-refractivity contribution < 1.29 is 9.53 Å². The molecule has 1 amide bonds. The molecular formula is C19H19N3O2. The Balaban J connectivity index is 1.63. The molecule has 0 unspecified atom stereocenters. The molecule has 1 aromatic heterocycles. The molecule has 0 fully saturated rings. The smallest absolute Gasteiger partial charge is 0.272 e. The number of aromatic nitrogens is 2. The quantitative estimate of drug-likeness (QED) is 0.701. The van der Waals surface area contributed by atoms with E-state index in [2.05, 4.69) is 4.98 Å². The number of para-hydroxylation sites is 2. The minimum absolute atomic E-state index is 0.0898. The Morgan fingerprint density at radius 2 is 1.75 bits per heavy atom. The van der Waals surface area contributed by atoms with Crippen LogP contribution in [0.3, 0.4) is 0 Å². The maximum Gasteiger partial charge on any atom is 0.272 e. The van der Waals surface area contributed by atoms with Crippen LogP contribution in [-0.2, 0) is 0 Å². The second-order valence-corrected chi connectivity index (χ2v) is 5.37. The molecule has 0 saturated heterocycles. The minimum atomic E-state index is -0.0898. The Hall–Kier alpha value is -3.08. The molecule has 0 radical (unpaired) electrons. The molecule has 0 aliphatic rings. The number of rotatable bonds is 6. The zero-order valence-corrected chi connectivity index (χ0v) is 13.5. The van der Waals surface area contributed by atoms with Gasteiger partial charge in [0.15, 0.2) is 0 Å². The van der Waals surface area contributed by atoms with Gasteiger partial charge in [-0.15, -0.1) is 0 Å². The minimum Gasteiger partial charge on any atom is -0.492 e. The average Bonchev–Trinajstić information content (AvgIpc) is 3.12. The van der Waals surface area contributed by atoms with Crippen molar-refractivity contribution in [1.29, 1.82) is 0 Å². The summed E-state index contributed by atoms with van der Waals surface area (Å²) in [5.74, 6) is 0.709. The number of hydrogen-bond donors (Lipinski definition) is 0. The number of ether oxygens (including phenoxy) is 1. The van der Waals surface area contributed by atoms with Crippen LogP contribution in [0.2, 0.25) is 0 Å². The summed E-state index contributed by atoms with van der Waals surface area (Å²) in [5.41, 5.74) is 1.44. The number of benzene rings is 2. The van der Waals surface area contributed by atoms with E-state index in [0.717, 1.165) is 11.4 Å². The highest BCUT2D eigenvalue weighted by molar-refractivity contribution is 5.92. The van der Waals surface area contributed by atoms with Gasteiger partial charge in [0.25, 0.3) is 5.91 Å². The summed E-state index contributed by atoms with van der Waals surface area (Å²) >= 11 is 0. The van der Waals surface area contributed by atoms with Crippen molar-refractivity contribution in [1.82, 2.24) is 14.5 Å². The summed E-state index contributed by atoms with van der Waals surface area (Å²) in [4.78, 5) is 18.4. The molecule has 122 valence electrons. The van der Waals surface area contributed by atoms with E-state index in [1.165, 1.54) is 0 Å². The van der Waals surface area contributed by atoms with Crippen LogP contribution < -0.4 is 4.74 Å². The van der Waals surface area contributed by atoms with Crippen molar-refractivity contribution in [3.05, 3.63) is 78.9 Å². The van der Waals surface area contributed by atoms with Crippen LogP contribution in [0.15, 0.2) is 73.2 Å². The third kappa shape index (κ3) is 3.63. The summed E-state index contributed by atoms with van der Waals surface area (Å²) in [5, 5.41) is 0. The van der Waals surface area contributed by atoms with Gasteiger partial charge in [0.2, 0.25) is 0 Å². The van der Waals surface area contributed by atoms with Crippen LogP contribution in [0.4, 0.5) is 0 Å². The highest BCUT2D eigenvalue weighted by Crippen LogP contribution is 2.13. The van der Waals surface area contributed by atoms with E-state index in [0.29, 0.717) is 18.8 Å². The van der Waals surface area contributed by atoms with E-state index in [9.17, 15) is 4.79 Å². The first kappa shape index (κ1) is 15.8. The molecule has 2 aromatic carbocycles. The average molecular weight is 321 g/mol. The van der Waals surface area contributed by atoms with E-state index in [1.54, 1.807) is 29.0 Å². The van der Waals surface area contributed by atoms with Gasteiger partial charge in [0.1, 0.15) is 18.1 Å². The SMILES string of the molecule is CN(CCOc1ccccc1)C(=O)c1cncn1-c1ccccc1. The van der Waals surface area contributed by atoms with E-state index in [1.807, 2.05) is 60.7 Å². The summed E-state index contributed by atoms with van der Waals surface area (Å²) in [6.45, 7) is 0.930. The molecule has 5 nitrogen and oxygen atoms in total. The van der Waals surface area contributed by atoms with Gasteiger partial charge in [-0.25, -0.2) is 4.98 Å². The molecule has 0 aliphatic heterocycles. The lowest BCUT2D eigenvalue weighted by atomic mass is 10.3. The van der Waals surface area contributed by atoms with Crippen molar-refractivity contribution in [3.8, 4) is 11.4 Å². The third-order valence-corrected chi connectivity index (χ3v) is 3.68. The standard InChI is InChI=1S/C19H19N3O2/c1-21(12-13-24-17-10-6-3-7-11-17)19(23)18-14-20-15-22(18)16-8-4-2-5-9-16/h2-11,14-15H,12-13H2,1H3. The maximum atomic E-state index is 12.7. The normalized spacial score (nSPS) is 10.4. The Kier molecular flexibility index (Phi) is 4.91. The van der Waals surface area contributed by atoms with Crippen molar-refractivity contribution in [2.24, 2.45) is 0 Å². The van der Waals surface area contributed by atoms with Crippen LogP contribution in [-0.4, -0.2) is 40.6 Å². The second kappa shape index (κ2) is 7.46. The Morgan fingerprint density at radius 3 is 2.46 bits per heavy atom. The number of hydrogen-bond acceptors (Lipinski definition) is 3. The van der Waals surface area contributed by atoms with Crippen molar-refractivity contribution >= 4 is 5.91 Å². The Labute approximate surface area is 141 Å². The molecule has 0 saturated carbocycles. The maximum absolute atomic E-state index is 12.7. The summed E-state index contributed by atoms with van der Waals surface area (Å²) in [6.07, 6.45) is 3.24. The molecule has 0 N–H and O–H groups in total. The topological polar surface area (TPSA) is 47.4 Å². The fraction of sp³-hybridized carbons (Fsp3) is 0.158. The van der Waals surface area contributed by atoms with E-state index < -0.39 is 0 Å². The highest BCUT2D eigenvalue weighted by atomic mass is 16.5. The zero-order valence-electron chi connectivity index (χ0n) is 13.5. The lowest BCUT2D eigenvalue weighted by Crippen LogP contribution is -2.32. The van der Waals surface area contributed by atoms with Gasteiger partial charge in [0, 0.05) is 12.7 Å². The van der Waals surface area contributed by atoms with E-state index >= 15 is 0 Å². The van der Waals surface area contributed by atoms with Crippen LogP contribution in [0.5, 0.6) is 5.75 Å². The van der Waals surface area contributed by atoms with Gasteiger partial charge in [-0.1, -0.05) is 36.4 Å². The molecule has 0 aliphatic carbocycles. The third-order valence-electron chi connectivity index (χ3n) is 3.68. The number of amides is 1. The molecule has 0 bridgehead atoms. The molecule has 3 rings (SSSR count). The fourth-order valence-corrected chi connectivity index (χ4v) is 2.36. The molecule has 24 heavy (non-hydrogen) atoms. The first-order chi connectivity index (χ1) is 11.8. The highest BCUT2D eigenvalue weighted by Gasteiger charge is 2.17. The van der Waals surface area contributed by atoms with Gasteiger partial charge < -0.3 is 9.64 Å². The first-order valence-corrected chi connectivity index (χ1v) is 7.77. The summed E-state index contributed by atoms with van der Waals surface area (Å²) in [6, 6.07) is 19.3. The summed E-state index contributed by atoms with van der Waals surface area (Å²) < 4.78 is 7.43. The Bertz CT molecular complexity index is 785. The van der Waals surface area contributed by atoms with Gasteiger partial charge >= 0.3 is 0 Å². The largest absolute Gasteiger partial charge is 0.492 e. The van der Waals surface area contributed by atoms with Crippen molar-refractivity contribution in [3.63, 3.8) is 0 Å².